The van der Waals surface area contributed by atoms with Crippen LogP contribution >= 0.6 is 0 Å². The highest BCUT2D eigenvalue weighted by molar-refractivity contribution is 6.29. The van der Waals surface area contributed by atoms with Gasteiger partial charge in [0.1, 0.15) is 5.75 Å². The van der Waals surface area contributed by atoms with Gasteiger partial charge in [-0.3, -0.25) is 4.79 Å². The molecule has 2 aromatic heterocycles. The van der Waals surface area contributed by atoms with Crippen molar-refractivity contribution in [3.8, 4) is 11.4 Å². The summed E-state index contributed by atoms with van der Waals surface area (Å²) in [6, 6.07) is 7.53. The smallest absolute Gasteiger partial charge is 0.251 e. The minimum Gasteiger partial charge on any atom is -0.494 e. The van der Waals surface area contributed by atoms with Crippen molar-refractivity contribution in [1.82, 2.24) is 35.2 Å². The van der Waals surface area contributed by atoms with Gasteiger partial charge in [-0.05, 0) is 101 Å². The van der Waals surface area contributed by atoms with Gasteiger partial charge in [-0.1, -0.05) is 18.1 Å². The highest BCUT2D eigenvalue weighted by atomic mass is 16.5. The Morgan fingerprint density at radius 3 is 2.68 bits per heavy atom. The SMILES string of the molecule is N=CC1=Nc2ncc3nnn(c3n2)-c2ccc(cc2)OCCCC(=O)NCCCCC2CCCN(CCCC1)CC2. The van der Waals surface area contributed by atoms with Crippen LogP contribution in [0.25, 0.3) is 16.9 Å². The molecule has 3 aliphatic rings. The normalized spacial score (nSPS) is 22.2. The molecular formula is C30H41N9O2. The third-order valence-electron chi connectivity index (χ3n) is 7.95. The Kier molecular flexibility index (Phi) is 10.4. The van der Waals surface area contributed by atoms with E-state index >= 15 is 0 Å². The minimum atomic E-state index is 0.0960. The lowest BCUT2D eigenvalue weighted by Gasteiger charge is -2.20. The van der Waals surface area contributed by atoms with Crippen molar-refractivity contribution in [2.75, 3.05) is 32.8 Å². The van der Waals surface area contributed by atoms with E-state index in [0.717, 1.165) is 62.7 Å². The number of carbonyl (C=O) groups is 1. The van der Waals surface area contributed by atoms with Crippen LogP contribution in [0, 0.1) is 11.3 Å². The Hall–Kier alpha value is -3.73. The number of rotatable bonds is 1. The van der Waals surface area contributed by atoms with Crippen LogP contribution in [0.1, 0.15) is 70.6 Å². The summed E-state index contributed by atoms with van der Waals surface area (Å²) in [6.45, 7) is 4.64. The second-order valence-corrected chi connectivity index (χ2v) is 11.0. The number of amides is 1. The second-order valence-electron chi connectivity index (χ2n) is 11.0. The number of aromatic nitrogens is 5. The predicted molar refractivity (Wildman–Crippen MR) is 160 cm³/mol. The van der Waals surface area contributed by atoms with E-state index in [0.29, 0.717) is 42.3 Å². The molecule has 2 unspecified atom stereocenters. The number of hydrogen-bond donors (Lipinski definition) is 2. The lowest BCUT2D eigenvalue weighted by Crippen LogP contribution is -2.26. The largest absolute Gasteiger partial charge is 0.494 e. The van der Waals surface area contributed by atoms with E-state index in [1.807, 2.05) is 24.3 Å². The molecular weight excluding hydrogens is 518 g/mol. The Labute approximate surface area is 241 Å². The van der Waals surface area contributed by atoms with Crippen molar-refractivity contribution in [3.63, 3.8) is 0 Å². The van der Waals surface area contributed by atoms with Crippen molar-refractivity contribution >= 4 is 34.9 Å². The third-order valence-corrected chi connectivity index (χ3v) is 7.95. The maximum Gasteiger partial charge on any atom is 0.251 e. The molecule has 41 heavy (non-hydrogen) atoms. The van der Waals surface area contributed by atoms with E-state index in [9.17, 15) is 4.79 Å². The minimum absolute atomic E-state index is 0.0960. The van der Waals surface area contributed by atoms with Crippen LogP contribution in [0.5, 0.6) is 5.75 Å². The standard InChI is InChI=1S/C30H41N9O2/c31-21-24-9-2-4-17-38-18-5-8-23(15-19-38)7-1-3-16-32-28(40)10-6-20-41-26-13-11-25(12-14-26)39-29-27(36-37-39)22-33-30(34-24)35-29/h11-14,21-23,31H,1-10,15-20H2,(H,32,40). The van der Waals surface area contributed by atoms with Crippen LogP contribution in [0.2, 0.25) is 0 Å². The van der Waals surface area contributed by atoms with E-state index in [2.05, 4.69) is 35.5 Å². The summed E-state index contributed by atoms with van der Waals surface area (Å²) in [5, 5.41) is 19.4. The van der Waals surface area contributed by atoms with Crippen molar-refractivity contribution < 1.29 is 9.53 Å². The average Bonchev–Trinajstić information content (AvgIpc) is 3.28. The summed E-state index contributed by atoms with van der Waals surface area (Å²) >= 11 is 0. The number of fused-ring (bicyclic) bond motifs is 15. The van der Waals surface area contributed by atoms with Crippen LogP contribution < -0.4 is 10.1 Å². The maximum absolute atomic E-state index is 12.2. The molecule has 0 radical (unpaired) electrons. The molecule has 5 heterocycles. The van der Waals surface area contributed by atoms with Gasteiger partial charge in [-0.15, -0.1) is 5.10 Å². The first-order chi connectivity index (χ1) is 20.2. The maximum atomic E-state index is 12.2. The third kappa shape index (κ3) is 8.39. The van der Waals surface area contributed by atoms with E-state index in [1.54, 1.807) is 10.9 Å². The second kappa shape index (κ2) is 14.8. The monoisotopic (exact) mass is 559 g/mol. The molecule has 11 nitrogen and oxygen atoms in total. The first kappa shape index (κ1) is 28.8. The summed E-state index contributed by atoms with van der Waals surface area (Å²) in [5.41, 5.74) is 2.58. The number of hydrogen-bond acceptors (Lipinski definition) is 9. The summed E-state index contributed by atoms with van der Waals surface area (Å²) in [4.78, 5) is 28.4. The van der Waals surface area contributed by atoms with Gasteiger partial charge in [-0.25, -0.2) is 9.98 Å². The molecule has 0 saturated carbocycles. The molecule has 0 aliphatic carbocycles. The highest BCUT2D eigenvalue weighted by Crippen LogP contribution is 2.23. The molecule has 2 N–H and O–H groups in total. The molecule has 11 heteroatoms. The van der Waals surface area contributed by atoms with Gasteiger partial charge in [-0.2, -0.15) is 9.67 Å². The van der Waals surface area contributed by atoms with E-state index in [1.165, 1.54) is 44.9 Å². The fraction of sp³-hybridized carbons (Fsp3) is 0.567. The quantitative estimate of drug-likeness (QED) is 0.414. The number of aliphatic imine (C=N–C) groups is 1. The van der Waals surface area contributed by atoms with Gasteiger partial charge in [0, 0.05) is 19.2 Å². The molecule has 6 rings (SSSR count). The van der Waals surface area contributed by atoms with Crippen LogP contribution in [0.4, 0.5) is 5.95 Å². The summed E-state index contributed by atoms with van der Waals surface area (Å²) in [7, 11) is 0. The van der Waals surface area contributed by atoms with Gasteiger partial charge in [0.15, 0.2) is 11.2 Å². The number of ether oxygens (including phenoxy) is 1. The zero-order chi connectivity index (χ0) is 28.3. The molecule has 1 saturated heterocycles. The van der Waals surface area contributed by atoms with Gasteiger partial charge >= 0.3 is 0 Å². The van der Waals surface area contributed by atoms with Crippen LogP contribution in [-0.4, -0.2) is 80.5 Å². The first-order valence-corrected chi connectivity index (χ1v) is 15.1. The van der Waals surface area contributed by atoms with Crippen molar-refractivity contribution in [2.45, 2.75) is 70.6 Å². The average molecular weight is 560 g/mol. The Morgan fingerprint density at radius 1 is 0.951 bits per heavy atom. The summed E-state index contributed by atoms with van der Waals surface area (Å²) in [5.74, 6) is 1.91. The summed E-state index contributed by atoms with van der Waals surface area (Å²) < 4.78 is 7.50. The topological polar surface area (TPSA) is 134 Å². The van der Waals surface area contributed by atoms with Gasteiger partial charge in [0.25, 0.3) is 5.95 Å². The van der Waals surface area contributed by atoms with Crippen LogP contribution in [-0.2, 0) is 4.79 Å². The Balaban J connectivity index is 1.28. The fourth-order valence-corrected chi connectivity index (χ4v) is 5.59. The zero-order valence-electron chi connectivity index (χ0n) is 23.8. The number of nitrogens with zero attached hydrogens (tertiary/aromatic N) is 7. The molecule has 1 aromatic carbocycles. The number of nitrogens with one attached hydrogen (secondary N) is 2. The Morgan fingerprint density at radius 2 is 1.80 bits per heavy atom. The lowest BCUT2D eigenvalue weighted by molar-refractivity contribution is -0.121. The van der Waals surface area contributed by atoms with Crippen LogP contribution in [0.3, 0.4) is 0 Å². The molecule has 3 aliphatic heterocycles. The number of benzene rings is 1. The fourth-order valence-electron chi connectivity index (χ4n) is 5.59. The van der Waals surface area contributed by atoms with Crippen LogP contribution in [0.15, 0.2) is 35.5 Å². The zero-order valence-corrected chi connectivity index (χ0v) is 23.8. The molecule has 0 spiro atoms. The van der Waals surface area contributed by atoms with Gasteiger partial charge in [0.05, 0.1) is 24.2 Å². The first-order valence-electron chi connectivity index (χ1n) is 15.1. The molecule has 3 aromatic rings. The molecule has 2 atom stereocenters. The molecule has 1 amide bonds. The van der Waals surface area contributed by atoms with Crippen molar-refractivity contribution in [3.05, 3.63) is 30.5 Å². The van der Waals surface area contributed by atoms with E-state index in [4.69, 9.17) is 10.1 Å². The number of carbonyl (C=O) groups excluding carboxylic acids is 1. The lowest BCUT2D eigenvalue weighted by atomic mass is 9.94. The van der Waals surface area contributed by atoms with Crippen molar-refractivity contribution in [1.29, 1.82) is 5.41 Å². The van der Waals surface area contributed by atoms with E-state index in [-0.39, 0.29) is 5.91 Å². The van der Waals surface area contributed by atoms with Crippen molar-refractivity contribution in [2.24, 2.45) is 10.9 Å². The summed E-state index contributed by atoms with van der Waals surface area (Å²) in [6.07, 6.45) is 14.1. The van der Waals surface area contributed by atoms with Gasteiger partial charge < -0.3 is 20.4 Å². The predicted octanol–water partition coefficient (Wildman–Crippen LogP) is 4.66. The molecule has 1 fully saturated rings. The molecule has 6 bridgehead atoms. The van der Waals surface area contributed by atoms with Gasteiger partial charge in [0.2, 0.25) is 5.91 Å². The Bertz CT molecular complexity index is 1320. The highest BCUT2D eigenvalue weighted by Gasteiger charge is 2.17. The molecule has 218 valence electrons. The van der Waals surface area contributed by atoms with E-state index < -0.39 is 0 Å².